The third kappa shape index (κ3) is 2.60. The molecule has 1 aromatic rings. The fourth-order valence-corrected chi connectivity index (χ4v) is 2.52. The highest BCUT2D eigenvalue weighted by Gasteiger charge is 2.28. The molecule has 1 fully saturated rings. The predicted octanol–water partition coefficient (Wildman–Crippen LogP) is 2.56. The normalized spacial score (nSPS) is 19.4. The number of hydrogen-bond acceptors (Lipinski definition) is 3. The minimum atomic E-state index is 0.526. The summed E-state index contributed by atoms with van der Waals surface area (Å²) in [6.07, 6.45) is 5.63. The van der Waals surface area contributed by atoms with Gasteiger partial charge in [0, 0.05) is 25.8 Å². The molecule has 2 rings (SSSR count). The SMILES string of the molecule is CCC1(C)CCN(c2cccnc2CN)CC1. The maximum absolute atomic E-state index is 5.75. The van der Waals surface area contributed by atoms with Crippen LogP contribution in [0.25, 0.3) is 0 Å². The topological polar surface area (TPSA) is 42.2 Å². The van der Waals surface area contributed by atoms with Crippen LogP contribution in [0, 0.1) is 5.41 Å². The smallest absolute Gasteiger partial charge is 0.0772 e. The van der Waals surface area contributed by atoms with Crippen LogP contribution in [0.4, 0.5) is 5.69 Å². The minimum absolute atomic E-state index is 0.526. The van der Waals surface area contributed by atoms with Gasteiger partial charge in [-0.2, -0.15) is 0 Å². The third-order valence-electron chi connectivity index (χ3n) is 4.22. The largest absolute Gasteiger partial charge is 0.370 e. The molecule has 0 unspecified atom stereocenters. The van der Waals surface area contributed by atoms with Crippen molar-refractivity contribution < 1.29 is 0 Å². The Kier molecular flexibility index (Phi) is 3.67. The quantitative estimate of drug-likeness (QED) is 0.872. The van der Waals surface area contributed by atoms with E-state index < -0.39 is 0 Å². The van der Waals surface area contributed by atoms with Crippen molar-refractivity contribution in [1.82, 2.24) is 4.98 Å². The standard InChI is InChI=1S/C14H23N3/c1-3-14(2)6-9-17(10-7-14)13-5-4-8-16-12(13)11-15/h4-5,8H,3,6-7,9-11,15H2,1-2H3. The zero-order valence-corrected chi connectivity index (χ0v) is 10.9. The van der Waals surface area contributed by atoms with Crippen molar-refractivity contribution in [3.8, 4) is 0 Å². The van der Waals surface area contributed by atoms with Crippen molar-refractivity contribution in [2.45, 2.75) is 39.7 Å². The number of anilines is 1. The van der Waals surface area contributed by atoms with E-state index in [2.05, 4.69) is 29.8 Å². The van der Waals surface area contributed by atoms with Crippen LogP contribution in [-0.2, 0) is 6.54 Å². The Morgan fingerprint density at radius 2 is 2.12 bits per heavy atom. The van der Waals surface area contributed by atoms with Gasteiger partial charge in [0.05, 0.1) is 11.4 Å². The maximum Gasteiger partial charge on any atom is 0.0772 e. The van der Waals surface area contributed by atoms with E-state index in [-0.39, 0.29) is 0 Å². The first-order valence-electron chi connectivity index (χ1n) is 6.57. The number of rotatable bonds is 3. The zero-order valence-electron chi connectivity index (χ0n) is 10.9. The molecule has 0 aliphatic carbocycles. The number of pyridine rings is 1. The Morgan fingerprint density at radius 1 is 1.41 bits per heavy atom. The number of piperidine rings is 1. The highest BCUT2D eigenvalue weighted by atomic mass is 15.1. The number of hydrogen-bond donors (Lipinski definition) is 1. The van der Waals surface area contributed by atoms with Crippen LogP contribution in [0.15, 0.2) is 18.3 Å². The molecular weight excluding hydrogens is 210 g/mol. The average Bonchev–Trinajstić information content (AvgIpc) is 2.40. The second kappa shape index (κ2) is 5.05. The first-order chi connectivity index (χ1) is 8.18. The van der Waals surface area contributed by atoms with Crippen LogP contribution < -0.4 is 10.6 Å². The summed E-state index contributed by atoms with van der Waals surface area (Å²) in [4.78, 5) is 6.80. The van der Waals surface area contributed by atoms with E-state index in [1.54, 1.807) is 0 Å². The average molecular weight is 233 g/mol. The number of nitrogens with zero attached hydrogens (tertiary/aromatic N) is 2. The molecule has 0 spiro atoms. The molecule has 2 heterocycles. The van der Waals surface area contributed by atoms with Crippen molar-refractivity contribution in [3.63, 3.8) is 0 Å². The Labute approximate surface area is 104 Å². The molecule has 2 N–H and O–H groups in total. The first kappa shape index (κ1) is 12.4. The molecule has 3 nitrogen and oxygen atoms in total. The molecule has 0 aromatic carbocycles. The summed E-state index contributed by atoms with van der Waals surface area (Å²) in [5.74, 6) is 0. The summed E-state index contributed by atoms with van der Waals surface area (Å²) in [5.41, 5.74) is 8.53. The van der Waals surface area contributed by atoms with E-state index in [9.17, 15) is 0 Å². The number of nitrogens with two attached hydrogens (primary N) is 1. The van der Waals surface area contributed by atoms with Gasteiger partial charge in [-0.15, -0.1) is 0 Å². The lowest BCUT2D eigenvalue weighted by Gasteiger charge is -2.40. The summed E-state index contributed by atoms with van der Waals surface area (Å²) in [6.45, 7) is 7.48. The van der Waals surface area contributed by atoms with Crippen LogP contribution in [0.1, 0.15) is 38.8 Å². The fraction of sp³-hybridized carbons (Fsp3) is 0.643. The third-order valence-corrected chi connectivity index (χ3v) is 4.22. The fourth-order valence-electron chi connectivity index (χ4n) is 2.52. The van der Waals surface area contributed by atoms with E-state index in [1.165, 1.54) is 24.9 Å². The Hall–Kier alpha value is -1.09. The second-order valence-electron chi connectivity index (χ2n) is 5.32. The zero-order chi connectivity index (χ0) is 12.3. The van der Waals surface area contributed by atoms with Gasteiger partial charge in [-0.05, 0) is 30.4 Å². The lowest BCUT2D eigenvalue weighted by atomic mass is 9.78. The second-order valence-corrected chi connectivity index (χ2v) is 5.32. The molecule has 3 heteroatoms. The summed E-state index contributed by atoms with van der Waals surface area (Å²) in [5, 5.41) is 0. The van der Waals surface area contributed by atoms with Crippen molar-refractivity contribution in [1.29, 1.82) is 0 Å². The van der Waals surface area contributed by atoms with E-state index in [0.717, 1.165) is 18.8 Å². The number of aromatic nitrogens is 1. The highest BCUT2D eigenvalue weighted by Crippen LogP contribution is 2.36. The maximum atomic E-state index is 5.75. The van der Waals surface area contributed by atoms with Crippen LogP contribution in [0.2, 0.25) is 0 Å². The predicted molar refractivity (Wildman–Crippen MR) is 72.0 cm³/mol. The lowest BCUT2D eigenvalue weighted by Crippen LogP contribution is -2.39. The molecule has 1 saturated heterocycles. The molecule has 0 bridgehead atoms. The molecule has 94 valence electrons. The van der Waals surface area contributed by atoms with Gasteiger partial charge in [0.25, 0.3) is 0 Å². The van der Waals surface area contributed by atoms with Crippen molar-refractivity contribution in [2.75, 3.05) is 18.0 Å². The molecule has 0 radical (unpaired) electrons. The molecule has 1 aliphatic heterocycles. The van der Waals surface area contributed by atoms with E-state index >= 15 is 0 Å². The summed E-state index contributed by atoms with van der Waals surface area (Å²) in [6, 6.07) is 4.14. The molecule has 1 aliphatic rings. The Bertz CT molecular complexity index is 367. The van der Waals surface area contributed by atoms with Crippen LogP contribution in [0.5, 0.6) is 0 Å². The molecule has 1 aromatic heterocycles. The monoisotopic (exact) mass is 233 g/mol. The summed E-state index contributed by atoms with van der Waals surface area (Å²) < 4.78 is 0. The van der Waals surface area contributed by atoms with Gasteiger partial charge in [0.1, 0.15) is 0 Å². The van der Waals surface area contributed by atoms with Crippen molar-refractivity contribution >= 4 is 5.69 Å². The summed E-state index contributed by atoms with van der Waals surface area (Å²) >= 11 is 0. The van der Waals surface area contributed by atoms with E-state index in [4.69, 9.17) is 5.73 Å². The van der Waals surface area contributed by atoms with Gasteiger partial charge in [-0.3, -0.25) is 4.98 Å². The van der Waals surface area contributed by atoms with E-state index in [0.29, 0.717) is 12.0 Å². The molecular formula is C14H23N3. The van der Waals surface area contributed by atoms with Gasteiger partial charge in [0.2, 0.25) is 0 Å². The van der Waals surface area contributed by atoms with Crippen molar-refractivity contribution in [2.24, 2.45) is 11.1 Å². The van der Waals surface area contributed by atoms with Gasteiger partial charge in [-0.1, -0.05) is 20.3 Å². The highest BCUT2D eigenvalue weighted by molar-refractivity contribution is 5.50. The van der Waals surface area contributed by atoms with Crippen molar-refractivity contribution in [3.05, 3.63) is 24.0 Å². The molecule has 0 saturated carbocycles. The van der Waals surface area contributed by atoms with Gasteiger partial charge >= 0.3 is 0 Å². The Morgan fingerprint density at radius 3 is 2.71 bits per heavy atom. The molecule has 0 atom stereocenters. The lowest BCUT2D eigenvalue weighted by molar-refractivity contribution is 0.238. The Balaban J connectivity index is 2.10. The van der Waals surface area contributed by atoms with Gasteiger partial charge in [0.15, 0.2) is 0 Å². The van der Waals surface area contributed by atoms with E-state index in [1.807, 2.05) is 12.3 Å². The van der Waals surface area contributed by atoms with Gasteiger partial charge in [-0.25, -0.2) is 0 Å². The molecule has 17 heavy (non-hydrogen) atoms. The van der Waals surface area contributed by atoms with Crippen LogP contribution in [-0.4, -0.2) is 18.1 Å². The molecule has 0 amide bonds. The van der Waals surface area contributed by atoms with Crippen LogP contribution in [0.3, 0.4) is 0 Å². The minimum Gasteiger partial charge on any atom is -0.370 e. The summed E-state index contributed by atoms with van der Waals surface area (Å²) in [7, 11) is 0. The first-order valence-corrected chi connectivity index (χ1v) is 6.57. The van der Waals surface area contributed by atoms with Gasteiger partial charge < -0.3 is 10.6 Å². The van der Waals surface area contributed by atoms with Crippen LogP contribution >= 0.6 is 0 Å².